The van der Waals surface area contributed by atoms with Crippen LogP contribution in [0.5, 0.6) is 5.75 Å². The van der Waals surface area contributed by atoms with Crippen molar-refractivity contribution in [3.05, 3.63) is 29.8 Å². The molecule has 0 N–H and O–H groups in total. The zero-order chi connectivity index (χ0) is 20.9. The average Bonchev–Trinajstić information content (AvgIpc) is 3.58. The molecule has 2 nitrogen and oxygen atoms in total. The third-order valence-corrected chi connectivity index (χ3v) is 6.13. The molecule has 0 aliphatic carbocycles. The van der Waals surface area contributed by atoms with E-state index in [0.29, 0.717) is 18.1 Å². The van der Waals surface area contributed by atoms with Crippen molar-refractivity contribution >= 4 is 0 Å². The van der Waals surface area contributed by atoms with E-state index < -0.39 is 0 Å². The molecule has 1 saturated heterocycles. The zero-order valence-electron chi connectivity index (χ0n) is 19.7. The van der Waals surface area contributed by atoms with E-state index in [-0.39, 0.29) is 5.41 Å². The summed E-state index contributed by atoms with van der Waals surface area (Å²) in [4.78, 5) is 0. The minimum absolute atomic E-state index is 0.277. The van der Waals surface area contributed by atoms with E-state index in [1.165, 1.54) is 37.7 Å². The topological polar surface area (TPSA) is 21.8 Å². The highest BCUT2D eigenvalue weighted by Crippen LogP contribution is 2.45. The smallest absolute Gasteiger partial charge is 0.119 e. The maximum Gasteiger partial charge on any atom is 0.119 e. The van der Waals surface area contributed by atoms with Gasteiger partial charge >= 0.3 is 0 Å². The van der Waals surface area contributed by atoms with Gasteiger partial charge in [-0.2, -0.15) is 0 Å². The molecule has 2 heteroatoms. The number of hydrogen-bond acceptors (Lipinski definition) is 2. The summed E-state index contributed by atoms with van der Waals surface area (Å²) in [5.41, 5.74) is 2.16. The van der Waals surface area contributed by atoms with Crippen molar-refractivity contribution in [3.8, 4) is 5.75 Å². The first kappa shape index (κ1) is 26.0. The van der Waals surface area contributed by atoms with Gasteiger partial charge in [-0.3, -0.25) is 0 Å². The monoisotopic (exact) mass is 378 g/mol. The van der Waals surface area contributed by atoms with Crippen molar-refractivity contribution < 1.29 is 9.47 Å². The Kier molecular flexibility index (Phi) is 12.7. The summed E-state index contributed by atoms with van der Waals surface area (Å²) in [6.45, 7) is 21.3. The fraction of sp³-hybridized carbons (Fsp3) is 0.760. The van der Waals surface area contributed by atoms with Gasteiger partial charge in [0.25, 0.3) is 0 Å². The van der Waals surface area contributed by atoms with Gasteiger partial charge in [-0.1, -0.05) is 87.3 Å². The highest BCUT2D eigenvalue weighted by molar-refractivity contribution is 5.33. The van der Waals surface area contributed by atoms with Crippen LogP contribution >= 0.6 is 0 Å². The minimum Gasteiger partial charge on any atom is -0.491 e. The van der Waals surface area contributed by atoms with E-state index in [2.05, 4.69) is 58.9 Å². The van der Waals surface area contributed by atoms with Crippen LogP contribution in [0, 0.1) is 5.41 Å². The normalized spacial score (nSPS) is 15.8. The lowest BCUT2D eigenvalue weighted by Gasteiger charge is -2.41. The van der Waals surface area contributed by atoms with Gasteiger partial charge in [-0.15, -0.1) is 0 Å². The fourth-order valence-corrected chi connectivity index (χ4v) is 3.59. The van der Waals surface area contributed by atoms with Gasteiger partial charge < -0.3 is 9.47 Å². The van der Waals surface area contributed by atoms with E-state index >= 15 is 0 Å². The van der Waals surface area contributed by atoms with Gasteiger partial charge in [0.15, 0.2) is 0 Å². The Labute approximate surface area is 170 Å². The first-order valence-corrected chi connectivity index (χ1v) is 11.4. The molecule has 0 bridgehead atoms. The van der Waals surface area contributed by atoms with Gasteiger partial charge in [0.2, 0.25) is 0 Å². The molecule has 1 unspecified atom stereocenters. The molecule has 1 heterocycles. The predicted octanol–water partition coefficient (Wildman–Crippen LogP) is 7.79. The van der Waals surface area contributed by atoms with Gasteiger partial charge in [0, 0.05) is 0 Å². The van der Waals surface area contributed by atoms with Gasteiger partial charge in [0.05, 0.1) is 6.61 Å². The Morgan fingerprint density at radius 1 is 0.889 bits per heavy atom. The highest BCUT2D eigenvalue weighted by Gasteiger charge is 2.35. The largest absolute Gasteiger partial charge is 0.491 e. The van der Waals surface area contributed by atoms with Crippen molar-refractivity contribution in [2.24, 2.45) is 5.41 Å². The molecule has 0 amide bonds. The molecule has 1 aromatic carbocycles. The Balaban J connectivity index is 0.00000158. The van der Waals surface area contributed by atoms with Crippen LogP contribution in [0.3, 0.4) is 0 Å². The maximum absolute atomic E-state index is 5.78. The summed E-state index contributed by atoms with van der Waals surface area (Å²) in [6, 6.07) is 8.82. The van der Waals surface area contributed by atoms with E-state index in [1.807, 2.05) is 27.7 Å². The van der Waals surface area contributed by atoms with E-state index in [0.717, 1.165) is 12.4 Å². The van der Waals surface area contributed by atoms with E-state index in [9.17, 15) is 0 Å². The minimum atomic E-state index is 0.277. The third-order valence-electron chi connectivity index (χ3n) is 6.13. The van der Waals surface area contributed by atoms with Crippen LogP contribution in [0.2, 0.25) is 0 Å². The lowest BCUT2D eigenvalue weighted by Crippen LogP contribution is -2.32. The lowest BCUT2D eigenvalue weighted by molar-refractivity contribution is 0.183. The predicted molar refractivity (Wildman–Crippen MR) is 120 cm³/mol. The molecule has 1 aromatic rings. The Morgan fingerprint density at radius 2 is 1.37 bits per heavy atom. The van der Waals surface area contributed by atoms with E-state index in [1.54, 1.807) is 0 Å². The summed E-state index contributed by atoms with van der Waals surface area (Å²) in [7, 11) is 0. The molecule has 1 fully saturated rings. The average molecular weight is 379 g/mol. The second-order valence-electron chi connectivity index (χ2n) is 7.47. The summed E-state index contributed by atoms with van der Waals surface area (Å²) >= 11 is 0. The summed E-state index contributed by atoms with van der Waals surface area (Å²) in [6.07, 6.45) is 6.44. The lowest BCUT2D eigenvalue weighted by atomic mass is 9.64. The van der Waals surface area contributed by atoms with Gasteiger partial charge in [0.1, 0.15) is 18.5 Å². The number of hydrogen-bond donors (Lipinski definition) is 0. The summed E-state index contributed by atoms with van der Waals surface area (Å²) in [5, 5.41) is 0. The molecular formula is C25H46O2. The van der Waals surface area contributed by atoms with Crippen molar-refractivity contribution in [1.29, 1.82) is 0 Å². The quantitative estimate of drug-likeness (QED) is 0.387. The Bertz CT molecular complexity index is 466. The molecule has 0 spiro atoms. The zero-order valence-corrected chi connectivity index (χ0v) is 19.7. The van der Waals surface area contributed by atoms with Crippen molar-refractivity contribution in [1.82, 2.24) is 0 Å². The van der Waals surface area contributed by atoms with Crippen LogP contribution in [0.4, 0.5) is 0 Å². The third kappa shape index (κ3) is 7.86. The summed E-state index contributed by atoms with van der Waals surface area (Å²) < 4.78 is 11.0. The molecular weight excluding hydrogens is 332 g/mol. The highest BCUT2D eigenvalue weighted by atomic mass is 16.6. The Morgan fingerprint density at radius 3 is 1.74 bits per heavy atom. The molecule has 2 rings (SSSR count). The van der Waals surface area contributed by atoms with Crippen LogP contribution in [0.15, 0.2) is 24.3 Å². The number of epoxide rings is 1. The summed E-state index contributed by atoms with van der Waals surface area (Å²) in [5.74, 6) is 0.958. The molecule has 158 valence electrons. The number of benzene rings is 1. The molecule has 27 heavy (non-hydrogen) atoms. The van der Waals surface area contributed by atoms with Crippen molar-refractivity contribution in [2.75, 3.05) is 13.2 Å². The molecule has 0 saturated carbocycles. The second-order valence-corrected chi connectivity index (χ2v) is 7.47. The van der Waals surface area contributed by atoms with Gasteiger partial charge in [-0.25, -0.2) is 0 Å². The van der Waals surface area contributed by atoms with Crippen molar-refractivity contribution in [3.63, 3.8) is 0 Å². The number of ether oxygens (including phenoxy) is 2. The van der Waals surface area contributed by atoms with Crippen LogP contribution in [0.25, 0.3) is 0 Å². The first-order valence-electron chi connectivity index (χ1n) is 11.4. The molecule has 0 aromatic heterocycles. The second kappa shape index (κ2) is 13.2. The van der Waals surface area contributed by atoms with Crippen LogP contribution < -0.4 is 4.74 Å². The van der Waals surface area contributed by atoms with Gasteiger partial charge in [-0.05, 0) is 47.8 Å². The van der Waals surface area contributed by atoms with E-state index in [4.69, 9.17) is 9.47 Å². The molecule has 1 aliphatic rings. The molecule has 0 radical (unpaired) electrons. The van der Waals surface area contributed by atoms with Crippen LogP contribution in [-0.4, -0.2) is 19.3 Å². The van der Waals surface area contributed by atoms with Crippen LogP contribution in [0.1, 0.15) is 100.0 Å². The number of rotatable bonds is 10. The maximum atomic E-state index is 5.78. The standard InChI is InChI=1S/C21H34O2.2C2H6/c1-6-20(5,7-2)16-21(8-3,9-4)17-10-12-18(13-11-17)22-14-19-15-23-19;2*1-2/h10-13,19H,6-9,14-16H2,1-5H3;2*1-2H3. The SMILES string of the molecule is CC.CC.CCC(C)(CC)CC(CC)(CC)c1ccc(OCC2CO2)cc1. The van der Waals surface area contributed by atoms with Crippen LogP contribution in [-0.2, 0) is 10.2 Å². The molecule has 1 aliphatic heterocycles. The Hall–Kier alpha value is -1.02. The van der Waals surface area contributed by atoms with Crippen molar-refractivity contribution in [2.45, 2.75) is 106 Å². The fourth-order valence-electron chi connectivity index (χ4n) is 3.59. The first-order chi connectivity index (χ1) is 13.0. The molecule has 1 atom stereocenters.